The molecule has 1 aromatic carbocycles. The predicted molar refractivity (Wildman–Crippen MR) is 82.7 cm³/mol. The Morgan fingerprint density at radius 1 is 1.26 bits per heavy atom. The second-order valence-electron chi connectivity index (χ2n) is 4.85. The summed E-state index contributed by atoms with van der Waals surface area (Å²) < 4.78 is 0. The number of aryl methyl sites for hydroxylation is 1. The van der Waals surface area contributed by atoms with Crippen LogP contribution in [0.3, 0.4) is 0 Å². The summed E-state index contributed by atoms with van der Waals surface area (Å²) in [5, 5.41) is 3.66. The first kappa shape index (κ1) is 14.2. The van der Waals surface area contributed by atoms with Crippen molar-refractivity contribution in [2.24, 2.45) is 0 Å². The van der Waals surface area contributed by atoms with Gasteiger partial charge >= 0.3 is 0 Å². The van der Waals surface area contributed by atoms with Gasteiger partial charge in [0.1, 0.15) is 0 Å². The van der Waals surface area contributed by atoms with Crippen LogP contribution in [0.1, 0.15) is 30.2 Å². The fourth-order valence-electron chi connectivity index (χ4n) is 2.20. The molecular weight excluding hydrogens is 252 g/mol. The van der Waals surface area contributed by atoms with Crippen LogP contribution < -0.4 is 5.32 Å². The highest BCUT2D eigenvalue weighted by molar-refractivity contribution is 7.09. The zero-order valence-electron chi connectivity index (χ0n) is 11.5. The molecule has 1 atom stereocenters. The van der Waals surface area contributed by atoms with E-state index >= 15 is 0 Å². The first-order valence-corrected chi connectivity index (χ1v) is 7.91. The summed E-state index contributed by atoms with van der Waals surface area (Å²) in [7, 11) is 0. The smallest absolute Gasteiger partial charge is 0.0794 e. The Morgan fingerprint density at radius 3 is 2.79 bits per heavy atom. The lowest BCUT2D eigenvalue weighted by Crippen LogP contribution is -2.32. The number of hydrogen-bond acceptors (Lipinski definition) is 3. The lowest BCUT2D eigenvalue weighted by atomic mass is 10.0. The Bertz CT molecular complexity index is 439. The van der Waals surface area contributed by atoms with Crippen molar-refractivity contribution in [2.75, 3.05) is 6.54 Å². The van der Waals surface area contributed by atoms with Gasteiger partial charge in [-0.3, -0.25) is 4.98 Å². The number of hydrogen-bond donors (Lipinski definition) is 1. The van der Waals surface area contributed by atoms with Gasteiger partial charge in [0.2, 0.25) is 0 Å². The Hall–Kier alpha value is -1.19. The molecule has 3 heteroatoms. The van der Waals surface area contributed by atoms with Crippen LogP contribution in [0.4, 0.5) is 0 Å². The van der Waals surface area contributed by atoms with E-state index in [4.69, 9.17) is 0 Å². The summed E-state index contributed by atoms with van der Waals surface area (Å²) in [5.74, 6) is 0. The molecule has 1 heterocycles. The lowest BCUT2D eigenvalue weighted by molar-refractivity contribution is 0.480. The van der Waals surface area contributed by atoms with Gasteiger partial charge in [0, 0.05) is 17.1 Å². The van der Waals surface area contributed by atoms with Crippen molar-refractivity contribution in [3.05, 3.63) is 52.5 Å². The van der Waals surface area contributed by atoms with Gasteiger partial charge in [-0.2, -0.15) is 0 Å². The molecule has 0 saturated heterocycles. The van der Waals surface area contributed by atoms with E-state index in [9.17, 15) is 0 Å². The van der Waals surface area contributed by atoms with Crippen molar-refractivity contribution in [3.63, 3.8) is 0 Å². The second kappa shape index (κ2) is 8.08. The summed E-state index contributed by atoms with van der Waals surface area (Å²) in [4.78, 5) is 5.54. The van der Waals surface area contributed by atoms with Gasteiger partial charge in [-0.15, -0.1) is 11.3 Å². The van der Waals surface area contributed by atoms with Gasteiger partial charge in [0.25, 0.3) is 0 Å². The average Bonchev–Trinajstić information content (AvgIpc) is 2.96. The highest BCUT2D eigenvalue weighted by atomic mass is 32.1. The van der Waals surface area contributed by atoms with Gasteiger partial charge in [0.05, 0.1) is 5.51 Å². The van der Waals surface area contributed by atoms with E-state index < -0.39 is 0 Å². The third-order valence-electron chi connectivity index (χ3n) is 3.24. The number of rotatable bonds is 8. The van der Waals surface area contributed by atoms with Crippen LogP contribution in [0.25, 0.3) is 0 Å². The molecule has 1 aromatic heterocycles. The monoisotopic (exact) mass is 274 g/mol. The van der Waals surface area contributed by atoms with Crippen LogP contribution in [0.5, 0.6) is 0 Å². The van der Waals surface area contributed by atoms with Gasteiger partial charge in [-0.25, -0.2) is 0 Å². The molecule has 102 valence electrons. The van der Waals surface area contributed by atoms with Crippen LogP contribution in [0.15, 0.2) is 42.0 Å². The summed E-state index contributed by atoms with van der Waals surface area (Å²) in [6, 6.07) is 11.3. The third kappa shape index (κ3) is 5.13. The highest BCUT2D eigenvalue weighted by Gasteiger charge is 2.10. The van der Waals surface area contributed by atoms with Crippen LogP contribution >= 0.6 is 11.3 Å². The van der Waals surface area contributed by atoms with E-state index in [0.717, 1.165) is 19.4 Å². The topological polar surface area (TPSA) is 24.9 Å². The summed E-state index contributed by atoms with van der Waals surface area (Å²) in [6.45, 7) is 3.31. The SMILES string of the molecule is CCCNC(CCc1ccccc1)Cc1cncs1. The normalized spacial score (nSPS) is 12.5. The molecule has 0 aliphatic heterocycles. The van der Waals surface area contributed by atoms with E-state index in [2.05, 4.69) is 47.6 Å². The molecular formula is C16H22N2S. The van der Waals surface area contributed by atoms with E-state index in [-0.39, 0.29) is 0 Å². The van der Waals surface area contributed by atoms with Crippen molar-refractivity contribution in [3.8, 4) is 0 Å². The first-order chi connectivity index (χ1) is 9.38. The maximum absolute atomic E-state index is 4.16. The third-order valence-corrected chi connectivity index (χ3v) is 4.04. The fourth-order valence-corrected chi connectivity index (χ4v) is 2.87. The molecule has 19 heavy (non-hydrogen) atoms. The Balaban J connectivity index is 1.86. The van der Waals surface area contributed by atoms with E-state index in [1.54, 1.807) is 11.3 Å². The average molecular weight is 274 g/mol. The quantitative estimate of drug-likeness (QED) is 0.794. The van der Waals surface area contributed by atoms with Crippen molar-refractivity contribution in [1.82, 2.24) is 10.3 Å². The summed E-state index contributed by atoms with van der Waals surface area (Å²) in [6.07, 6.45) is 6.60. The molecule has 0 fully saturated rings. The van der Waals surface area contributed by atoms with Crippen LogP contribution in [-0.2, 0) is 12.8 Å². The van der Waals surface area contributed by atoms with E-state index in [0.29, 0.717) is 6.04 Å². The molecule has 0 aliphatic carbocycles. The molecule has 0 spiro atoms. The van der Waals surface area contributed by atoms with Crippen molar-refractivity contribution in [1.29, 1.82) is 0 Å². The zero-order chi connectivity index (χ0) is 13.3. The van der Waals surface area contributed by atoms with Crippen molar-refractivity contribution < 1.29 is 0 Å². The van der Waals surface area contributed by atoms with Crippen molar-refractivity contribution in [2.45, 2.75) is 38.6 Å². The standard InChI is InChI=1S/C16H22N2S/c1-2-10-18-15(11-16-12-17-13-19-16)9-8-14-6-4-3-5-7-14/h3-7,12-13,15,18H,2,8-11H2,1H3. The Labute approximate surface area is 119 Å². The van der Waals surface area contributed by atoms with Crippen LogP contribution in [-0.4, -0.2) is 17.6 Å². The highest BCUT2D eigenvalue weighted by Crippen LogP contribution is 2.13. The van der Waals surface area contributed by atoms with Crippen molar-refractivity contribution >= 4 is 11.3 Å². The van der Waals surface area contributed by atoms with E-state index in [1.165, 1.54) is 23.3 Å². The Morgan fingerprint density at radius 2 is 2.11 bits per heavy atom. The van der Waals surface area contributed by atoms with Gasteiger partial charge in [0.15, 0.2) is 0 Å². The maximum atomic E-state index is 4.16. The van der Waals surface area contributed by atoms with Gasteiger partial charge in [-0.05, 0) is 37.8 Å². The molecule has 0 radical (unpaired) electrons. The molecule has 2 aromatic rings. The minimum Gasteiger partial charge on any atom is -0.314 e. The predicted octanol–water partition coefficient (Wildman–Crippen LogP) is 3.69. The number of aromatic nitrogens is 1. The summed E-state index contributed by atoms with van der Waals surface area (Å²) in [5.41, 5.74) is 3.35. The molecule has 2 nitrogen and oxygen atoms in total. The van der Waals surface area contributed by atoms with Gasteiger partial charge in [-0.1, -0.05) is 37.3 Å². The molecule has 0 aliphatic rings. The maximum Gasteiger partial charge on any atom is 0.0794 e. The fraction of sp³-hybridized carbons (Fsp3) is 0.438. The second-order valence-corrected chi connectivity index (χ2v) is 5.82. The molecule has 2 rings (SSSR count). The Kier molecular flexibility index (Phi) is 6.05. The number of nitrogens with zero attached hydrogens (tertiary/aromatic N) is 1. The van der Waals surface area contributed by atoms with Gasteiger partial charge < -0.3 is 5.32 Å². The first-order valence-electron chi connectivity index (χ1n) is 7.03. The zero-order valence-corrected chi connectivity index (χ0v) is 12.3. The molecule has 1 N–H and O–H groups in total. The summed E-state index contributed by atoms with van der Waals surface area (Å²) >= 11 is 1.76. The largest absolute Gasteiger partial charge is 0.314 e. The number of benzene rings is 1. The molecule has 1 unspecified atom stereocenters. The molecule has 0 amide bonds. The van der Waals surface area contributed by atoms with Crippen LogP contribution in [0.2, 0.25) is 0 Å². The lowest BCUT2D eigenvalue weighted by Gasteiger charge is -2.17. The number of thiazole rings is 1. The van der Waals surface area contributed by atoms with E-state index in [1.807, 2.05) is 11.7 Å². The minimum atomic E-state index is 0.556. The minimum absolute atomic E-state index is 0.556. The molecule has 0 bridgehead atoms. The molecule has 0 saturated carbocycles. The van der Waals surface area contributed by atoms with Crippen LogP contribution in [0, 0.1) is 0 Å². The number of nitrogens with one attached hydrogen (secondary N) is 1.